The lowest BCUT2D eigenvalue weighted by molar-refractivity contribution is 0.407. The van der Waals surface area contributed by atoms with Gasteiger partial charge in [0.2, 0.25) is 0 Å². The Morgan fingerprint density at radius 3 is 2.71 bits per heavy atom. The van der Waals surface area contributed by atoms with E-state index < -0.39 is 0 Å². The molecule has 1 aromatic heterocycles. The summed E-state index contributed by atoms with van der Waals surface area (Å²) < 4.78 is 2.29. The number of benzene rings is 1. The average molecular weight is 284 g/mol. The first-order valence-electron chi connectivity index (χ1n) is 7.78. The number of fused-ring (bicyclic) bond motifs is 1. The van der Waals surface area contributed by atoms with Crippen LogP contribution >= 0.6 is 0 Å². The van der Waals surface area contributed by atoms with Crippen LogP contribution in [0.5, 0.6) is 0 Å². The third kappa shape index (κ3) is 2.48. The van der Waals surface area contributed by atoms with Crippen molar-refractivity contribution in [2.75, 3.05) is 6.54 Å². The van der Waals surface area contributed by atoms with Crippen molar-refractivity contribution < 1.29 is 0 Å². The summed E-state index contributed by atoms with van der Waals surface area (Å²) in [6, 6.07) is 8.89. The van der Waals surface area contributed by atoms with Crippen molar-refractivity contribution in [3.05, 3.63) is 35.7 Å². The zero-order valence-corrected chi connectivity index (χ0v) is 13.3. The van der Waals surface area contributed by atoms with Gasteiger partial charge in [-0.2, -0.15) is 0 Å². The van der Waals surface area contributed by atoms with Gasteiger partial charge < -0.3 is 9.88 Å². The van der Waals surface area contributed by atoms with Crippen LogP contribution < -0.4 is 5.32 Å². The van der Waals surface area contributed by atoms with Crippen LogP contribution in [0.3, 0.4) is 0 Å². The van der Waals surface area contributed by atoms with Crippen LogP contribution in [0, 0.1) is 0 Å². The summed E-state index contributed by atoms with van der Waals surface area (Å²) in [7, 11) is 0. The van der Waals surface area contributed by atoms with E-state index in [1.54, 1.807) is 0 Å². The van der Waals surface area contributed by atoms with Crippen molar-refractivity contribution in [1.29, 1.82) is 0 Å². The van der Waals surface area contributed by atoms with Crippen LogP contribution in [0.1, 0.15) is 51.5 Å². The standard InChI is InChI=1S/C17H24N4/c1-5-14-16-20-19-15(21(16)11-10-18-14)12-8-6-7-9-13(12)17(2,3)4/h6-9,14,18H,5,10-11H2,1-4H3. The first kappa shape index (κ1) is 14.3. The summed E-state index contributed by atoms with van der Waals surface area (Å²) >= 11 is 0. The third-order valence-corrected chi connectivity index (χ3v) is 4.20. The Balaban J connectivity index is 2.13. The lowest BCUT2D eigenvalue weighted by Crippen LogP contribution is -2.33. The Hall–Kier alpha value is -1.68. The Labute approximate surface area is 126 Å². The second-order valence-corrected chi connectivity index (χ2v) is 6.74. The van der Waals surface area contributed by atoms with E-state index in [1.165, 1.54) is 11.1 Å². The molecule has 0 fully saturated rings. The highest BCUT2D eigenvalue weighted by Crippen LogP contribution is 2.33. The fourth-order valence-corrected chi connectivity index (χ4v) is 3.09. The molecule has 0 radical (unpaired) electrons. The molecule has 0 aliphatic carbocycles. The first-order valence-corrected chi connectivity index (χ1v) is 7.78. The second kappa shape index (κ2) is 5.26. The maximum absolute atomic E-state index is 4.51. The molecule has 21 heavy (non-hydrogen) atoms. The van der Waals surface area contributed by atoms with Gasteiger partial charge in [-0.25, -0.2) is 0 Å². The highest BCUT2D eigenvalue weighted by molar-refractivity contribution is 5.62. The zero-order valence-electron chi connectivity index (χ0n) is 13.3. The van der Waals surface area contributed by atoms with Crippen LogP contribution in [-0.2, 0) is 12.0 Å². The lowest BCUT2D eigenvalue weighted by atomic mass is 9.83. The number of hydrogen-bond acceptors (Lipinski definition) is 3. The minimum Gasteiger partial charge on any atom is -0.308 e. The van der Waals surface area contributed by atoms with Crippen LogP contribution in [0.15, 0.2) is 24.3 Å². The van der Waals surface area contributed by atoms with Crippen molar-refractivity contribution in [3.8, 4) is 11.4 Å². The topological polar surface area (TPSA) is 42.7 Å². The van der Waals surface area contributed by atoms with Crippen LogP contribution in [-0.4, -0.2) is 21.3 Å². The van der Waals surface area contributed by atoms with Gasteiger partial charge in [-0.05, 0) is 17.4 Å². The molecule has 0 amide bonds. The van der Waals surface area contributed by atoms with Gasteiger partial charge in [-0.3, -0.25) is 0 Å². The van der Waals surface area contributed by atoms with E-state index in [4.69, 9.17) is 0 Å². The van der Waals surface area contributed by atoms with Crippen LogP contribution in [0.4, 0.5) is 0 Å². The molecule has 1 aliphatic rings. The molecule has 1 N–H and O–H groups in total. The number of nitrogens with one attached hydrogen (secondary N) is 1. The number of rotatable bonds is 2. The summed E-state index contributed by atoms with van der Waals surface area (Å²) in [5.41, 5.74) is 2.63. The van der Waals surface area contributed by atoms with E-state index in [9.17, 15) is 0 Å². The summed E-state index contributed by atoms with van der Waals surface area (Å²) in [6.45, 7) is 10.8. The predicted octanol–water partition coefficient (Wildman–Crippen LogP) is 3.30. The lowest BCUT2D eigenvalue weighted by Gasteiger charge is -2.26. The largest absolute Gasteiger partial charge is 0.308 e. The van der Waals surface area contributed by atoms with E-state index in [1.807, 2.05) is 0 Å². The van der Waals surface area contributed by atoms with Gasteiger partial charge in [-0.15, -0.1) is 10.2 Å². The van der Waals surface area contributed by atoms with Crippen molar-refractivity contribution in [2.24, 2.45) is 0 Å². The molecule has 4 heteroatoms. The van der Waals surface area contributed by atoms with E-state index in [0.717, 1.165) is 31.2 Å². The van der Waals surface area contributed by atoms with E-state index in [-0.39, 0.29) is 5.41 Å². The minimum atomic E-state index is 0.0973. The molecular weight excluding hydrogens is 260 g/mol. The quantitative estimate of drug-likeness (QED) is 0.920. The fraction of sp³-hybridized carbons (Fsp3) is 0.529. The molecular formula is C17H24N4. The molecule has 2 heterocycles. The molecule has 1 aromatic carbocycles. The predicted molar refractivity (Wildman–Crippen MR) is 85.2 cm³/mol. The maximum atomic E-state index is 4.51. The zero-order chi connectivity index (χ0) is 15.0. The minimum absolute atomic E-state index is 0.0973. The maximum Gasteiger partial charge on any atom is 0.164 e. The summed E-state index contributed by atoms with van der Waals surface area (Å²) in [4.78, 5) is 0. The van der Waals surface area contributed by atoms with Gasteiger partial charge in [0, 0.05) is 18.7 Å². The van der Waals surface area contributed by atoms with Gasteiger partial charge in [-0.1, -0.05) is 52.0 Å². The second-order valence-electron chi connectivity index (χ2n) is 6.74. The molecule has 0 saturated carbocycles. The summed E-state index contributed by atoms with van der Waals surface area (Å²) in [6.07, 6.45) is 1.04. The number of aromatic nitrogens is 3. The number of hydrogen-bond donors (Lipinski definition) is 1. The highest BCUT2D eigenvalue weighted by atomic mass is 15.3. The molecule has 1 aliphatic heterocycles. The Morgan fingerprint density at radius 2 is 2.00 bits per heavy atom. The molecule has 1 atom stereocenters. The third-order valence-electron chi connectivity index (χ3n) is 4.20. The van der Waals surface area contributed by atoms with Gasteiger partial charge in [0.15, 0.2) is 11.6 Å². The summed E-state index contributed by atoms with van der Waals surface area (Å²) in [5.74, 6) is 2.08. The van der Waals surface area contributed by atoms with E-state index >= 15 is 0 Å². The van der Waals surface area contributed by atoms with Crippen molar-refractivity contribution in [1.82, 2.24) is 20.1 Å². The van der Waals surface area contributed by atoms with Crippen molar-refractivity contribution in [2.45, 2.75) is 52.1 Å². The monoisotopic (exact) mass is 284 g/mol. The molecule has 0 spiro atoms. The summed E-state index contributed by atoms with van der Waals surface area (Å²) in [5, 5.41) is 12.5. The molecule has 0 saturated heterocycles. The first-order chi connectivity index (χ1) is 10.0. The molecule has 4 nitrogen and oxygen atoms in total. The smallest absolute Gasteiger partial charge is 0.164 e. The molecule has 3 rings (SSSR count). The van der Waals surface area contributed by atoms with Crippen molar-refractivity contribution in [3.63, 3.8) is 0 Å². The molecule has 112 valence electrons. The van der Waals surface area contributed by atoms with Gasteiger partial charge in [0.1, 0.15) is 0 Å². The van der Waals surface area contributed by atoms with Gasteiger partial charge in [0.25, 0.3) is 0 Å². The Kier molecular flexibility index (Phi) is 3.57. The SMILES string of the molecule is CCC1NCCn2c(-c3ccccc3C(C)(C)C)nnc21. The molecule has 2 aromatic rings. The van der Waals surface area contributed by atoms with Crippen LogP contribution in [0.25, 0.3) is 11.4 Å². The van der Waals surface area contributed by atoms with E-state index in [0.29, 0.717) is 6.04 Å². The van der Waals surface area contributed by atoms with E-state index in [2.05, 4.69) is 72.0 Å². The van der Waals surface area contributed by atoms with Gasteiger partial charge in [0.05, 0.1) is 6.04 Å². The Morgan fingerprint density at radius 1 is 1.24 bits per heavy atom. The molecule has 1 unspecified atom stereocenters. The normalized spacial score (nSPS) is 18.6. The highest BCUT2D eigenvalue weighted by Gasteiger charge is 2.26. The van der Waals surface area contributed by atoms with Crippen LogP contribution in [0.2, 0.25) is 0 Å². The Bertz CT molecular complexity index is 636. The number of nitrogens with zero attached hydrogens (tertiary/aromatic N) is 3. The fourth-order valence-electron chi connectivity index (χ4n) is 3.09. The average Bonchev–Trinajstić information content (AvgIpc) is 2.90. The van der Waals surface area contributed by atoms with Crippen molar-refractivity contribution >= 4 is 0 Å². The molecule has 0 bridgehead atoms. The van der Waals surface area contributed by atoms with Gasteiger partial charge >= 0.3 is 0 Å².